The first-order chi connectivity index (χ1) is 8.78. The van der Waals surface area contributed by atoms with Crippen LogP contribution < -0.4 is 5.32 Å². The number of nitrogens with zero attached hydrogens (tertiary/aromatic N) is 2. The predicted octanol–water partition coefficient (Wildman–Crippen LogP) is 2.29. The molecule has 6 heteroatoms. The van der Waals surface area contributed by atoms with E-state index in [0.29, 0.717) is 0 Å². The Kier molecular flexibility index (Phi) is 3.56. The van der Waals surface area contributed by atoms with Crippen LogP contribution in [-0.2, 0) is 11.3 Å². The van der Waals surface area contributed by atoms with E-state index in [1.54, 1.807) is 6.07 Å². The summed E-state index contributed by atoms with van der Waals surface area (Å²) >= 11 is 0. The number of benzene rings is 1. The highest BCUT2D eigenvalue weighted by Gasteiger charge is 2.08. The second kappa shape index (κ2) is 5.50. The Morgan fingerprint density at radius 1 is 1.44 bits per heavy atom. The first-order valence-corrected chi connectivity index (χ1v) is 5.11. The number of hydrogen-bond acceptors (Lipinski definition) is 5. The Bertz CT molecular complexity index is 572. The van der Waals surface area contributed by atoms with Crippen LogP contribution in [0.4, 0.5) is 10.8 Å². The number of hydrogen-bond donors (Lipinski definition) is 1. The fourth-order valence-electron chi connectivity index (χ4n) is 1.23. The topological polar surface area (TPSA) is 88.2 Å². The predicted molar refractivity (Wildman–Crippen MR) is 61.5 cm³/mol. The second-order valence-corrected chi connectivity index (χ2v) is 3.34. The number of oxazole rings is 1. The van der Waals surface area contributed by atoms with Gasteiger partial charge in [-0.25, -0.2) is 10.1 Å². The molecule has 2 rings (SSSR count). The fourth-order valence-corrected chi connectivity index (χ4v) is 1.23. The number of nitriles is 1. The SMILES string of the molecule is N#Cc1coc(NC(=O)OCc2ccccc2)n1. The lowest BCUT2D eigenvalue weighted by molar-refractivity contribution is 0.154. The Morgan fingerprint density at radius 3 is 2.89 bits per heavy atom. The van der Waals surface area contributed by atoms with E-state index in [-0.39, 0.29) is 18.3 Å². The van der Waals surface area contributed by atoms with Crippen molar-refractivity contribution in [2.45, 2.75) is 6.61 Å². The van der Waals surface area contributed by atoms with Gasteiger partial charge in [0.05, 0.1) is 0 Å². The Labute approximate surface area is 103 Å². The van der Waals surface area contributed by atoms with Gasteiger partial charge < -0.3 is 9.15 Å². The van der Waals surface area contributed by atoms with Crippen LogP contribution in [0.15, 0.2) is 41.0 Å². The number of anilines is 1. The number of amides is 1. The maximum Gasteiger partial charge on any atom is 0.415 e. The van der Waals surface area contributed by atoms with Crippen LogP contribution in [0.1, 0.15) is 11.3 Å². The van der Waals surface area contributed by atoms with Crippen molar-refractivity contribution in [3.63, 3.8) is 0 Å². The molecule has 0 saturated heterocycles. The summed E-state index contributed by atoms with van der Waals surface area (Å²) in [6, 6.07) is 11.0. The number of carbonyl (C=O) groups excluding carboxylic acids is 1. The monoisotopic (exact) mass is 243 g/mol. The van der Waals surface area contributed by atoms with Gasteiger partial charge in [-0.1, -0.05) is 30.3 Å². The van der Waals surface area contributed by atoms with Crippen LogP contribution in [-0.4, -0.2) is 11.1 Å². The molecule has 0 bridgehead atoms. The first-order valence-electron chi connectivity index (χ1n) is 5.11. The summed E-state index contributed by atoms with van der Waals surface area (Å²) in [6.07, 6.45) is 0.456. The van der Waals surface area contributed by atoms with Crippen molar-refractivity contribution in [2.75, 3.05) is 5.32 Å². The lowest BCUT2D eigenvalue weighted by Crippen LogP contribution is -2.13. The van der Waals surface area contributed by atoms with Gasteiger partial charge in [-0.3, -0.25) is 0 Å². The molecule has 1 aromatic carbocycles. The van der Waals surface area contributed by atoms with Crippen LogP contribution >= 0.6 is 0 Å². The lowest BCUT2D eigenvalue weighted by Gasteiger charge is -2.03. The van der Waals surface area contributed by atoms with Gasteiger partial charge in [-0.05, 0) is 5.56 Å². The van der Waals surface area contributed by atoms with Gasteiger partial charge in [0.25, 0.3) is 0 Å². The van der Waals surface area contributed by atoms with E-state index >= 15 is 0 Å². The summed E-state index contributed by atoms with van der Waals surface area (Å²) in [5.74, 6) is 0. The number of nitrogens with one attached hydrogen (secondary N) is 1. The number of ether oxygens (including phenoxy) is 1. The summed E-state index contributed by atoms with van der Waals surface area (Å²) in [5.41, 5.74) is 0.964. The molecule has 0 aliphatic rings. The molecule has 90 valence electrons. The molecule has 1 heterocycles. The van der Waals surface area contributed by atoms with Crippen LogP contribution in [0.2, 0.25) is 0 Å². The van der Waals surface area contributed by atoms with Crippen molar-refractivity contribution in [2.24, 2.45) is 0 Å². The van der Waals surface area contributed by atoms with Crippen molar-refractivity contribution in [1.82, 2.24) is 4.98 Å². The largest absolute Gasteiger partial charge is 0.444 e. The maximum absolute atomic E-state index is 11.4. The quantitative estimate of drug-likeness (QED) is 0.893. The van der Waals surface area contributed by atoms with E-state index in [0.717, 1.165) is 11.8 Å². The number of aromatic nitrogens is 1. The molecule has 0 unspecified atom stereocenters. The van der Waals surface area contributed by atoms with Crippen molar-refractivity contribution < 1.29 is 13.9 Å². The van der Waals surface area contributed by atoms with Crippen LogP contribution in [0.5, 0.6) is 0 Å². The zero-order valence-electron chi connectivity index (χ0n) is 9.29. The minimum absolute atomic E-state index is 0.0652. The molecule has 0 radical (unpaired) electrons. The molecule has 6 nitrogen and oxygen atoms in total. The van der Waals surface area contributed by atoms with Crippen LogP contribution in [0.25, 0.3) is 0 Å². The third-order valence-corrected chi connectivity index (χ3v) is 2.04. The van der Waals surface area contributed by atoms with E-state index in [2.05, 4.69) is 10.3 Å². The average molecular weight is 243 g/mol. The summed E-state index contributed by atoms with van der Waals surface area (Å²) in [5, 5.41) is 10.8. The lowest BCUT2D eigenvalue weighted by atomic mass is 10.2. The van der Waals surface area contributed by atoms with Crippen molar-refractivity contribution >= 4 is 12.1 Å². The van der Waals surface area contributed by atoms with Crippen molar-refractivity contribution in [3.05, 3.63) is 47.9 Å². The molecule has 0 aliphatic carbocycles. The van der Waals surface area contributed by atoms with E-state index in [1.807, 2.05) is 30.3 Å². The third kappa shape index (κ3) is 3.09. The zero-order chi connectivity index (χ0) is 12.8. The molecular formula is C12H9N3O3. The van der Waals surface area contributed by atoms with Crippen LogP contribution in [0.3, 0.4) is 0 Å². The summed E-state index contributed by atoms with van der Waals surface area (Å²) in [7, 11) is 0. The minimum Gasteiger partial charge on any atom is -0.444 e. The van der Waals surface area contributed by atoms with E-state index < -0.39 is 6.09 Å². The van der Waals surface area contributed by atoms with E-state index in [4.69, 9.17) is 14.4 Å². The van der Waals surface area contributed by atoms with Gasteiger partial charge >= 0.3 is 12.1 Å². The van der Waals surface area contributed by atoms with Crippen molar-refractivity contribution in [1.29, 1.82) is 5.26 Å². The average Bonchev–Trinajstić information content (AvgIpc) is 2.85. The molecule has 18 heavy (non-hydrogen) atoms. The zero-order valence-corrected chi connectivity index (χ0v) is 9.29. The van der Waals surface area contributed by atoms with Gasteiger partial charge in [0.1, 0.15) is 18.9 Å². The molecule has 0 atom stereocenters. The standard InChI is InChI=1S/C12H9N3O3/c13-6-10-8-17-11(14-10)15-12(16)18-7-9-4-2-1-3-5-9/h1-5,8H,7H2,(H,14,15,16). The minimum atomic E-state index is -0.690. The van der Waals surface area contributed by atoms with Gasteiger partial charge in [0.2, 0.25) is 0 Å². The second-order valence-electron chi connectivity index (χ2n) is 3.34. The molecule has 0 saturated carbocycles. The first kappa shape index (κ1) is 11.7. The molecule has 1 amide bonds. The Hall–Kier alpha value is -2.81. The van der Waals surface area contributed by atoms with Gasteiger partial charge in [-0.15, -0.1) is 0 Å². The molecule has 0 spiro atoms. The third-order valence-electron chi connectivity index (χ3n) is 2.04. The normalized spacial score (nSPS) is 9.50. The molecule has 0 fully saturated rings. The van der Waals surface area contributed by atoms with Gasteiger partial charge in [0.15, 0.2) is 5.69 Å². The molecule has 0 aliphatic heterocycles. The fraction of sp³-hybridized carbons (Fsp3) is 0.0833. The number of carbonyl (C=O) groups is 1. The van der Waals surface area contributed by atoms with E-state index in [9.17, 15) is 4.79 Å². The molecule has 2 aromatic rings. The highest BCUT2D eigenvalue weighted by molar-refractivity contribution is 5.81. The highest BCUT2D eigenvalue weighted by atomic mass is 16.6. The molecular weight excluding hydrogens is 234 g/mol. The van der Waals surface area contributed by atoms with Crippen LogP contribution in [0, 0.1) is 11.3 Å². The Balaban J connectivity index is 1.84. The smallest absolute Gasteiger partial charge is 0.415 e. The summed E-state index contributed by atoms with van der Waals surface area (Å²) < 4.78 is 9.77. The van der Waals surface area contributed by atoms with E-state index in [1.165, 1.54) is 0 Å². The highest BCUT2D eigenvalue weighted by Crippen LogP contribution is 2.07. The number of rotatable bonds is 3. The molecule has 1 N–H and O–H groups in total. The summed E-state index contributed by atoms with van der Waals surface area (Å²) in [4.78, 5) is 15.1. The molecule has 1 aromatic heterocycles. The maximum atomic E-state index is 11.4. The van der Waals surface area contributed by atoms with Gasteiger partial charge in [-0.2, -0.15) is 10.2 Å². The van der Waals surface area contributed by atoms with Crippen molar-refractivity contribution in [3.8, 4) is 6.07 Å². The van der Waals surface area contributed by atoms with Gasteiger partial charge in [0, 0.05) is 0 Å². The Morgan fingerprint density at radius 2 is 2.22 bits per heavy atom. The summed E-state index contributed by atoms with van der Waals surface area (Å²) in [6.45, 7) is 0.151.